The number of nitrogens with zero attached hydrogens (tertiary/aromatic N) is 1. The predicted molar refractivity (Wildman–Crippen MR) is 76.3 cm³/mol. The van der Waals surface area contributed by atoms with Gasteiger partial charge in [-0.3, -0.25) is 4.79 Å². The van der Waals surface area contributed by atoms with Crippen LogP contribution in [0.25, 0.3) is 0 Å². The van der Waals surface area contributed by atoms with Crippen LogP contribution in [0.1, 0.15) is 12.0 Å². The molecule has 0 radical (unpaired) electrons. The molecule has 1 atom stereocenters. The van der Waals surface area contributed by atoms with Crippen LogP contribution < -0.4 is 5.32 Å². The molecule has 4 nitrogen and oxygen atoms in total. The van der Waals surface area contributed by atoms with E-state index in [0.29, 0.717) is 13.0 Å². The standard InChI is InChI=1S/C15H17F3N2O2/c1-2-13(22)20-7-6-14(9-20,10-21)19-12-5-3-4-11(8-12)15(16,17)18/h2-5,8,19,21H,1,6-7,9-10H2. The van der Waals surface area contributed by atoms with Crippen molar-refractivity contribution in [3.05, 3.63) is 42.5 Å². The molecule has 1 aliphatic heterocycles. The molecule has 1 amide bonds. The molecule has 7 heteroatoms. The minimum absolute atomic E-state index is 0.213. The van der Waals surface area contributed by atoms with Gasteiger partial charge in [0.05, 0.1) is 17.7 Å². The maximum Gasteiger partial charge on any atom is 0.416 e. The van der Waals surface area contributed by atoms with Crippen molar-refractivity contribution < 1.29 is 23.1 Å². The quantitative estimate of drug-likeness (QED) is 0.838. The molecule has 0 saturated carbocycles. The first-order valence-corrected chi connectivity index (χ1v) is 6.77. The number of halogens is 3. The van der Waals surface area contributed by atoms with Crippen LogP contribution in [0.3, 0.4) is 0 Å². The van der Waals surface area contributed by atoms with Crippen LogP contribution in [0.2, 0.25) is 0 Å². The van der Waals surface area contributed by atoms with E-state index >= 15 is 0 Å². The average Bonchev–Trinajstić information content (AvgIpc) is 2.90. The van der Waals surface area contributed by atoms with Crippen LogP contribution in [0.4, 0.5) is 18.9 Å². The van der Waals surface area contributed by atoms with Crippen LogP contribution >= 0.6 is 0 Å². The highest BCUT2D eigenvalue weighted by Gasteiger charge is 2.39. The van der Waals surface area contributed by atoms with Crippen LogP contribution in [-0.2, 0) is 11.0 Å². The van der Waals surface area contributed by atoms with Crippen LogP contribution in [0, 0.1) is 0 Å². The highest BCUT2D eigenvalue weighted by atomic mass is 19.4. The van der Waals surface area contributed by atoms with Gasteiger partial charge in [0.15, 0.2) is 0 Å². The summed E-state index contributed by atoms with van der Waals surface area (Å²) in [6.45, 7) is 3.74. The highest BCUT2D eigenvalue weighted by molar-refractivity contribution is 5.87. The van der Waals surface area contributed by atoms with Crippen molar-refractivity contribution in [3.63, 3.8) is 0 Å². The zero-order chi connectivity index (χ0) is 16.4. The van der Waals surface area contributed by atoms with E-state index in [2.05, 4.69) is 11.9 Å². The van der Waals surface area contributed by atoms with Gasteiger partial charge in [-0.15, -0.1) is 0 Å². The molecule has 120 valence electrons. The normalized spacial score (nSPS) is 21.7. The van der Waals surface area contributed by atoms with Crippen molar-refractivity contribution in [2.24, 2.45) is 0 Å². The number of benzene rings is 1. The van der Waals surface area contributed by atoms with Gasteiger partial charge >= 0.3 is 6.18 Å². The number of anilines is 1. The van der Waals surface area contributed by atoms with Gasteiger partial charge < -0.3 is 15.3 Å². The third-order valence-electron chi connectivity index (χ3n) is 3.74. The zero-order valence-electron chi connectivity index (χ0n) is 11.9. The van der Waals surface area contributed by atoms with Crippen molar-refractivity contribution >= 4 is 11.6 Å². The lowest BCUT2D eigenvalue weighted by Crippen LogP contribution is -2.45. The van der Waals surface area contributed by atoms with E-state index in [1.807, 2.05) is 0 Å². The number of aliphatic hydroxyl groups excluding tert-OH is 1. The van der Waals surface area contributed by atoms with Gasteiger partial charge in [0, 0.05) is 18.8 Å². The molecule has 2 rings (SSSR count). The Kier molecular flexibility index (Phi) is 4.46. The summed E-state index contributed by atoms with van der Waals surface area (Å²) in [5.41, 5.74) is -1.34. The van der Waals surface area contributed by atoms with Crippen molar-refractivity contribution in [2.45, 2.75) is 18.1 Å². The lowest BCUT2D eigenvalue weighted by Gasteiger charge is -2.29. The van der Waals surface area contributed by atoms with Gasteiger partial charge in [0.2, 0.25) is 5.91 Å². The number of rotatable bonds is 4. The van der Waals surface area contributed by atoms with Crippen molar-refractivity contribution in [1.82, 2.24) is 4.90 Å². The number of carbonyl (C=O) groups excluding carboxylic acids is 1. The van der Waals surface area contributed by atoms with Crippen LogP contribution in [0.5, 0.6) is 0 Å². The van der Waals surface area contributed by atoms with E-state index in [-0.39, 0.29) is 24.7 Å². The summed E-state index contributed by atoms with van der Waals surface area (Å²) in [6.07, 6.45) is -2.80. The molecular formula is C15H17F3N2O2. The van der Waals surface area contributed by atoms with Gasteiger partial charge in [-0.1, -0.05) is 12.6 Å². The Balaban J connectivity index is 2.18. The second kappa shape index (κ2) is 6.00. The fourth-order valence-electron chi connectivity index (χ4n) is 2.54. The second-order valence-corrected chi connectivity index (χ2v) is 5.36. The third-order valence-corrected chi connectivity index (χ3v) is 3.74. The number of nitrogens with one attached hydrogen (secondary N) is 1. The lowest BCUT2D eigenvalue weighted by atomic mass is 9.99. The van der Waals surface area contributed by atoms with E-state index in [0.717, 1.165) is 12.1 Å². The number of amides is 1. The highest BCUT2D eigenvalue weighted by Crippen LogP contribution is 2.32. The first-order chi connectivity index (χ1) is 10.3. The largest absolute Gasteiger partial charge is 0.416 e. The average molecular weight is 314 g/mol. The molecule has 1 saturated heterocycles. The molecule has 1 aliphatic rings. The van der Waals surface area contributed by atoms with E-state index in [4.69, 9.17) is 0 Å². The Bertz CT molecular complexity index is 574. The van der Waals surface area contributed by atoms with Gasteiger partial charge in [-0.05, 0) is 30.7 Å². The summed E-state index contributed by atoms with van der Waals surface area (Å²) in [6, 6.07) is 4.79. The molecule has 1 unspecified atom stereocenters. The van der Waals surface area contributed by atoms with Gasteiger partial charge in [-0.25, -0.2) is 0 Å². The lowest BCUT2D eigenvalue weighted by molar-refractivity contribution is -0.137. The molecule has 1 fully saturated rings. The summed E-state index contributed by atoms with van der Waals surface area (Å²) in [5.74, 6) is -0.263. The Morgan fingerprint density at radius 3 is 2.82 bits per heavy atom. The monoisotopic (exact) mass is 314 g/mol. The molecule has 1 heterocycles. The number of hydrogen-bond acceptors (Lipinski definition) is 3. The summed E-state index contributed by atoms with van der Waals surface area (Å²) >= 11 is 0. The van der Waals surface area contributed by atoms with Crippen molar-refractivity contribution in [2.75, 3.05) is 25.0 Å². The molecule has 1 aromatic rings. The maximum atomic E-state index is 12.7. The van der Waals surface area contributed by atoms with Gasteiger partial charge in [-0.2, -0.15) is 13.2 Å². The first-order valence-electron chi connectivity index (χ1n) is 6.77. The Labute approximate surface area is 126 Å². The SMILES string of the molecule is C=CC(=O)N1CCC(CO)(Nc2cccc(C(F)(F)F)c2)C1. The van der Waals surface area contributed by atoms with Gasteiger partial charge in [0.25, 0.3) is 0 Å². The first kappa shape index (κ1) is 16.4. The Morgan fingerprint density at radius 1 is 1.50 bits per heavy atom. The van der Waals surface area contributed by atoms with E-state index in [9.17, 15) is 23.1 Å². The third kappa shape index (κ3) is 3.41. The fourth-order valence-corrected chi connectivity index (χ4v) is 2.54. The number of carbonyl (C=O) groups is 1. The summed E-state index contributed by atoms with van der Waals surface area (Å²) in [4.78, 5) is 13.1. The van der Waals surface area contributed by atoms with Crippen LogP contribution in [0.15, 0.2) is 36.9 Å². The van der Waals surface area contributed by atoms with E-state index in [1.165, 1.54) is 23.1 Å². The predicted octanol–water partition coefficient (Wildman–Crippen LogP) is 2.27. The number of alkyl halides is 3. The molecular weight excluding hydrogens is 297 g/mol. The summed E-state index contributed by atoms with van der Waals surface area (Å²) < 4.78 is 38.2. The van der Waals surface area contributed by atoms with Crippen molar-refractivity contribution in [1.29, 1.82) is 0 Å². The summed E-state index contributed by atoms with van der Waals surface area (Å²) in [5, 5.41) is 12.6. The topological polar surface area (TPSA) is 52.6 Å². The zero-order valence-corrected chi connectivity index (χ0v) is 11.9. The van der Waals surface area contributed by atoms with Crippen molar-refractivity contribution in [3.8, 4) is 0 Å². The van der Waals surface area contributed by atoms with Gasteiger partial charge in [0.1, 0.15) is 0 Å². The maximum absolute atomic E-state index is 12.7. The molecule has 1 aromatic carbocycles. The molecule has 0 aromatic heterocycles. The number of aliphatic hydroxyl groups is 1. The van der Waals surface area contributed by atoms with E-state index in [1.54, 1.807) is 0 Å². The molecule has 22 heavy (non-hydrogen) atoms. The fraction of sp³-hybridized carbons (Fsp3) is 0.400. The number of hydrogen-bond donors (Lipinski definition) is 2. The van der Waals surface area contributed by atoms with Crippen LogP contribution in [-0.4, -0.2) is 41.1 Å². The molecule has 0 aliphatic carbocycles. The molecule has 0 bridgehead atoms. The Hall–Kier alpha value is -2.02. The minimum atomic E-state index is -4.43. The minimum Gasteiger partial charge on any atom is -0.394 e. The van der Waals surface area contributed by atoms with E-state index < -0.39 is 17.3 Å². The molecule has 2 N–H and O–H groups in total. The molecule has 0 spiro atoms. The smallest absolute Gasteiger partial charge is 0.394 e. The second-order valence-electron chi connectivity index (χ2n) is 5.36. The summed E-state index contributed by atoms with van der Waals surface area (Å²) in [7, 11) is 0. The Morgan fingerprint density at radius 2 is 2.23 bits per heavy atom. The number of likely N-dealkylation sites (tertiary alicyclic amines) is 1.